The molecule has 0 unspecified atom stereocenters. The number of hydrogen-bond acceptors (Lipinski definition) is 4. The highest BCUT2D eigenvalue weighted by Crippen LogP contribution is 2.36. The molecule has 1 heterocycles. The molecule has 0 aromatic heterocycles. The fourth-order valence-electron chi connectivity index (χ4n) is 3.12. The number of carbonyl (C=O) groups is 1. The van der Waals surface area contributed by atoms with Crippen LogP contribution in [0.1, 0.15) is 30.9 Å². The molecule has 30 heavy (non-hydrogen) atoms. The molecule has 1 aliphatic heterocycles. The van der Waals surface area contributed by atoms with Gasteiger partial charge in [0.05, 0.1) is 17.3 Å². The van der Waals surface area contributed by atoms with Gasteiger partial charge in [0.25, 0.3) is 5.91 Å². The first kappa shape index (κ1) is 22.6. The van der Waals surface area contributed by atoms with E-state index in [4.69, 9.17) is 21.7 Å². The maximum atomic E-state index is 12.9. The second-order valence-electron chi connectivity index (χ2n) is 7.08. The van der Waals surface area contributed by atoms with E-state index >= 15 is 0 Å². The van der Waals surface area contributed by atoms with Crippen LogP contribution < -0.4 is 14.4 Å². The fourth-order valence-corrected chi connectivity index (χ4v) is 4.18. The van der Waals surface area contributed by atoms with Gasteiger partial charge in [0, 0.05) is 12.7 Å². The van der Waals surface area contributed by atoms with Crippen LogP contribution in [0.3, 0.4) is 0 Å². The number of nitrogens with zero attached hydrogens (tertiary/aromatic N) is 2. The molecule has 1 fully saturated rings. The summed E-state index contributed by atoms with van der Waals surface area (Å²) in [4.78, 5) is 16.2. The molecule has 3 rings (SSSR count). The fraction of sp³-hybridized carbons (Fsp3) is 0.304. The molecule has 2 aromatic carbocycles. The van der Waals surface area contributed by atoms with Crippen molar-refractivity contribution < 1.29 is 14.3 Å². The van der Waals surface area contributed by atoms with Gasteiger partial charge >= 0.3 is 0 Å². The molecule has 1 aliphatic rings. The maximum absolute atomic E-state index is 12.9. The third-order valence-corrected chi connectivity index (χ3v) is 6.09. The van der Waals surface area contributed by atoms with Gasteiger partial charge in [0.15, 0.2) is 16.6 Å². The van der Waals surface area contributed by atoms with Crippen LogP contribution in [0.5, 0.6) is 11.5 Å². The van der Waals surface area contributed by atoms with Crippen molar-refractivity contribution in [3.8, 4) is 11.5 Å². The number of halogens is 1. The predicted molar refractivity (Wildman–Crippen MR) is 133 cm³/mol. The van der Waals surface area contributed by atoms with E-state index in [1.54, 1.807) is 14.2 Å². The van der Waals surface area contributed by atoms with Crippen molar-refractivity contribution in [1.82, 2.24) is 4.90 Å². The van der Waals surface area contributed by atoms with Crippen molar-refractivity contribution in [2.24, 2.45) is 0 Å². The summed E-state index contributed by atoms with van der Waals surface area (Å²) in [6, 6.07) is 11.8. The van der Waals surface area contributed by atoms with Gasteiger partial charge in [-0.2, -0.15) is 0 Å². The highest BCUT2D eigenvalue weighted by Gasteiger charge is 2.36. The SMILES string of the molecule is CCCCOc1c(I)cc(C=C2C(=O)N(C)C(=S)N2c2ccc(C)cc2)cc1OC. The van der Waals surface area contributed by atoms with Crippen LogP contribution in [0, 0.1) is 10.5 Å². The number of rotatable bonds is 7. The molecule has 158 valence electrons. The summed E-state index contributed by atoms with van der Waals surface area (Å²) in [7, 11) is 3.32. The van der Waals surface area contributed by atoms with Crippen LogP contribution in [0.25, 0.3) is 6.08 Å². The van der Waals surface area contributed by atoms with Gasteiger partial charge in [-0.25, -0.2) is 0 Å². The van der Waals surface area contributed by atoms with Crippen molar-refractivity contribution >= 4 is 57.6 Å². The Kier molecular flexibility index (Phi) is 7.36. The van der Waals surface area contributed by atoms with E-state index in [1.807, 2.05) is 54.3 Å². The summed E-state index contributed by atoms with van der Waals surface area (Å²) < 4.78 is 12.4. The van der Waals surface area contributed by atoms with Crippen molar-refractivity contribution in [3.05, 3.63) is 56.8 Å². The number of carbonyl (C=O) groups excluding carboxylic acids is 1. The number of benzene rings is 2. The number of aryl methyl sites for hydroxylation is 1. The van der Waals surface area contributed by atoms with Gasteiger partial charge in [-0.1, -0.05) is 31.0 Å². The average molecular weight is 536 g/mol. The van der Waals surface area contributed by atoms with E-state index in [1.165, 1.54) is 4.90 Å². The quantitative estimate of drug-likeness (QED) is 0.206. The average Bonchev–Trinajstić information content (AvgIpc) is 2.94. The van der Waals surface area contributed by atoms with Gasteiger partial charge < -0.3 is 9.47 Å². The number of ether oxygens (including phenoxy) is 2. The molecule has 0 bridgehead atoms. The van der Waals surface area contributed by atoms with E-state index in [-0.39, 0.29) is 5.91 Å². The number of methoxy groups -OCH3 is 1. The van der Waals surface area contributed by atoms with Gasteiger partial charge in [-0.15, -0.1) is 0 Å². The Bertz CT molecular complexity index is 989. The van der Waals surface area contributed by atoms with Gasteiger partial charge in [-0.3, -0.25) is 14.6 Å². The number of anilines is 1. The molecule has 0 N–H and O–H groups in total. The molecule has 0 atom stereocenters. The van der Waals surface area contributed by atoms with Crippen LogP contribution in [0.4, 0.5) is 5.69 Å². The first-order chi connectivity index (χ1) is 14.4. The van der Waals surface area contributed by atoms with Crippen LogP contribution >= 0.6 is 34.8 Å². The van der Waals surface area contributed by atoms with E-state index in [0.29, 0.717) is 23.2 Å². The van der Waals surface area contributed by atoms with Crippen molar-refractivity contribution in [3.63, 3.8) is 0 Å². The zero-order valence-corrected chi connectivity index (χ0v) is 20.5. The van der Waals surface area contributed by atoms with Crippen LogP contribution in [0.2, 0.25) is 0 Å². The zero-order chi connectivity index (χ0) is 21.8. The van der Waals surface area contributed by atoms with E-state index < -0.39 is 0 Å². The summed E-state index contributed by atoms with van der Waals surface area (Å²) in [5, 5.41) is 0.455. The molecule has 5 nitrogen and oxygen atoms in total. The highest BCUT2D eigenvalue weighted by molar-refractivity contribution is 14.1. The molecule has 1 amide bonds. The molecule has 1 saturated heterocycles. The molecule has 0 radical (unpaired) electrons. The minimum absolute atomic E-state index is 0.141. The topological polar surface area (TPSA) is 42.0 Å². The van der Waals surface area contributed by atoms with E-state index in [2.05, 4.69) is 29.5 Å². The summed E-state index contributed by atoms with van der Waals surface area (Å²) in [6.45, 7) is 4.79. The zero-order valence-electron chi connectivity index (χ0n) is 17.6. The summed E-state index contributed by atoms with van der Waals surface area (Å²) >= 11 is 7.79. The van der Waals surface area contributed by atoms with Gasteiger partial charge in [0.2, 0.25) is 0 Å². The number of thiocarbonyl (C=S) groups is 1. The summed E-state index contributed by atoms with van der Waals surface area (Å²) in [5.74, 6) is 1.24. The first-order valence-electron chi connectivity index (χ1n) is 9.78. The Morgan fingerprint density at radius 1 is 1.20 bits per heavy atom. The molecule has 0 aliphatic carbocycles. The minimum Gasteiger partial charge on any atom is -0.493 e. The van der Waals surface area contributed by atoms with Crippen LogP contribution in [0.15, 0.2) is 42.1 Å². The lowest BCUT2D eigenvalue weighted by Gasteiger charge is -2.19. The monoisotopic (exact) mass is 536 g/mol. The molecule has 0 saturated carbocycles. The lowest BCUT2D eigenvalue weighted by atomic mass is 10.1. The lowest BCUT2D eigenvalue weighted by Crippen LogP contribution is -2.29. The standard InChI is InChI=1S/C23H25IN2O3S/c1-5-6-11-29-21-18(24)12-16(14-20(21)28-4)13-19-22(27)25(3)23(30)26(19)17-9-7-15(2)8-10-17/h7-10,12-14H,5-6,11H2,1-4H3. The number of hydrogen-bond donors (Lipinski definition) is 0. The molecule has 0 spiro atoms. The number of likely N-dealkylation sites (N-methyl/N-ethyl adjacent to an activating group) is 1. The van der Waals surface area contributed by atoms with Gasteiger partial charge in [0.1, 0.15) is 5.70 Å². The number of amides is 1. The second-order valence-corrected chi connectivity index (χ2v) is 8.61. The number of unbranched alkanes of at least 4 members (excludes halogenated alkanes) is 1. The Hall–Kier alpha value is -2.13. The third kappa shape index (κ3) is 4.62. The van der Waals surface area contributed by atoms with E-state index in [0.717, 1.165) is 39.0 Å². The summed E-state index contributed by atoms with van der Waals surface area (Å²) in [6.07, 6.45) is 3.89. The van der Waals surface area contributed by atoms with Crippen molar-refractivity contribution in [2.45, 2.75) is 26.7 Å². The Balaban J connectivity index is 2.02. The van der Waals surface area contributed by atoms with Gasteiger partial charge in [-0.05, 0) is 84.1 Å². The molecule has 2 aromatic rings. The second kappa shape index (κ2) is 9.78. The molecular weight excluding hydrogens is 511 g/mol. The maximum Gasteiger partial charge on any atom is 0.276 e. The first-order valence-corrected chi connectivity index (χ1v) is 11.3. The van der Waals surface area contributed by atoms with Crippen LogP contribution in [-0.2, 0) is 4.79 Å². The largest absolute Gasteiger partial charge is 0.493 e. The molecule has 7 heteroatoms. The normalized spacial score (nSPS) is 15.3. The highest BCUT2D eigenvalue weighted by atomic mass is 127. The Labute approximate surface area is 196 Å². The smallest absolute Gasteiger partial charge is 0.276 e. The van der Waals surface area contributed by atoms with E-state index in [9.17, 15) is 4.79 Å². The minimum atomic E-state index is -0.141. The Morgan fingerprint density at radius 2 is 1.90 bits per heavy atom. The summed E-state index contributed by atoms with van der Waals surface area (Å²) in [5.41, 5.74) is 3.35. The van der Waals surface area contributed by atoms with Crippen molar-refractivity contribution in [1.29, 1.82) is 0 Å². The van der Waals surface area contributed by atoms with Crippen molar-refractivity contribution in [2.75, 3.05) is 25.7 Å². The molecular formula is C23H25IN2O3S. The van der Waals surface area contributed by atoms with Crippen LogP contribution in [-0.4, -0.2) is 36.7 Å². The predicted octanol–water partition coefficient (Wildman–Crippen LogP) is 5.39. The lowest BCUT2D eigenvalue weighted by molar-refractivity contribution is -0.121. The Morgan fingerprint density at radius 3 is 2.53 bits per heavy atom. The third-order valence-electron chi connectivity index (χ3n) is 4.83.